The molecule has 0 radical (unpaired) electrons. The Bertz CT molecular complexity index is 646. The van der Waals surface area contributed by atoms with Crippen molar-refractivity contribution >= 4 is 23.9 Å². The van der Waals surface area contributed by atoms with Crippen molar-refractivity contribution in [1.82, 2.24) is 10.6 Å². The van der Waals surface area contributed by atoms with E-state index in [0.29, 0.717) is 0 Å². The molecule has 0 spiro atoms. The van der Waals surface area contributed by atoms with E-state index in [9.17, 15) is 19.2 Å². The van der Waals surface area contributed by atoms with Crippen molar-refractivity contribution in [2.24, 2.45) is 0 Å². The summed E-state index contributed by atoms with van der Waals surface area (Å²) in [5.74, 6) is -2.27. The van der Waals surface area contributed by atoms with Crippen molar-refractivity contribution in [1.29, 1.82) is 0 Å². The zero-order valence-electron chi connectivity index (χ0n) is 17.8. The van der Waals surface area contributed by atoms with E-state index in [1.807, 2.05) is 0 Å². The van der Waals surface area contributed by atoms with Crippen LogP contribution in [0.1, 0.15) is 48.0 Å². The Hall–Kier alpha value is -2.20. The van der Waals surface area contributed by atoms with Crippen molar-refractivity contribution in [3.05, 3.63) is 0 Å². The maximum absolute atomic E-state index is 12.0. The molecule has 2 fully saturated rings. The van der Waals surface area contributed by atoms with Gasteiger partial charge in [0, 0.05) is 0 Å². The number of ether oxygens (including phenoxy) is 4. The van der Waals surface area contributed by atoms with Crippen molar-refractivity contribution in [3.8, 4) is 0 Å². The number of nitrogens with one attached hydrogen (secondary N) is 2. The lowest BCUT2D eigenvalue weighted by Crippen LogP contribution is -2.66. The Kier molecular flexibility index (Phi) is 6.29. The van der Waals surface area contributed by atoms with E-state index >= 15 is 0 Å². The van der Waals surface area contributed by atoms with Gasteiger partial charge in [-0.15, -0.1) is 0 Å². The molecule has 10 nitrogen and oxygen atoms in total. The molecule has 0 aromatic carbocycles. The smallest absolute Gasteiger partial charge is 0.325 e. The zero-order chi connectivity index (χ0) is 22.1. The van der Waals surface area contributed by atoms with Gasteiger partial charge < -0.3 is 18.9 Å². The maximum Gasteiger partial charge on any atom is 0.325 e. The van der Waals surface area contributed by atoms with Crippen molar-refractivity contribution in [3.63, 3.8) is 0 Å². The number of carbonyl (C=O) groups is 4. The van der Waals surface area contributed by atoms with Gasteiger partial charge in [0.05, 0.1) is 11.1 Å². The number of rotatable bonds is 6. The second kappa shape index (κ2) is 7.91. The van der Waals surface area contributed by atoms with Gasteiger partial charge in [0.25, 0.3) is 0 Å². The normalized spacial score (nSPS) is 30.7. The summed E-state index contributed by atoms with van der Waals surface area (Å²) in [6.45, 7) is 10.1. The van der Waals surface area contributed by atoms with Crippen LogP contribution in [-0.2, 0) is 38.1 Å². The molecule has 2 saturated heterocycles. The SMILES string of the molecule is CC1(COC(=O)CC(=O)OCC2(C)COC(=O)C(C)(C)N2)COC(=O)C(C)(C)N1. The second-order valence-electron chi connectivity index (χ2n) is 9.27. The Morgan fingerprint density at radius 2 is 1.14 bits per heavy atom. The summed E-state index contributed by atoms with van der Waals surface area (Å²) in [6, 6.07) is 0. The van der Waals surface area contributed by atoms with Crippen LogP contribution in [0.3, 0.4) is 0 Å². The van der Waals surface area contributed by atoms with Crippen LogP contribution < -0.4 is 10.6 Å². The first-order chi connectivity index (χ1) is 13.2. The van der Waals surface area contributed by atoms with Crippen LogP contribution in [0.5, 0.6) is 0 Å². The minimum Gasteiger partial charge on any atom is -0.463 e. The Labute approximate surface area is 169 Å². The molecule has 2 heterocycles. The van der Waals surface area contributed by atoms with Crippen LogP contribution in [0.4, 0.5) is 0 Å². The minimum atomic E-state index is -0.905. The van der Waals surface area contributed by atoms with Crippen LogP contribution >= 0.6 is 0 Å². The average Bonchev–Trinajstić information content (AvgIpc) is 2.58. The fourth-order valence-electron chi connectivity index (χ4n) is 3.35. The second-order valence-corrected chi connectivity index (χ2v) is 9.27. The summed E-state index contributed by atoms with van der Waals surface area (Å²) in [6.07, 6.45) is -0.557. The molecule has 0 aromatic heterocycles. The fourth-order valence-corrected chi connectivity index (χ4v) is 3.35. The van der Waals surface area contributed by atoms with Crippen molar-refractivity contribution in [2.45, 2.75) is 70.1 Å². The van der Waals surface area contributed by atoms with Gasteiger partial charge in [0.15, 0.2) is 0 Å². The third-order valence-electron chi connectivity index (χ3n) is 4.68. The fraction of sp³-hybridized carbons (Fsp3) is 0.789. The van der Waals surface area contributed by atoms with E-state index in [4.69, 9.17) is 18.9 Å². The molecule has 164 valence electrons. The Balaban J connectivity index is 1.77. The predicted molar refractivity (Wildman–Crippen MR) is 99.7 cm³/mol. The maximum atomic E-state index is 12.0. The Morgan fingerprint density at radius 1 is 0.793 bits per heavy atom. The molecule has 2 aliphatic rings. The van der Waals surface area contributed by atoms with Gasteiger partial charge in [-0.1, -0.05) is 0 Å². The molecule has 2 unspecified atom stereocenters. The standard InChI is InChI=1S/C19H30N2O8/c1-16(2)14(24)28-10-18(5,20-16)8-26-12(22)7-13(23)27-9-19(6)11-29-15(25)17(3,4)21-19/h20-21H,7-11H2,1-6H3. The number of carbonyl (C=O) groups excluding carboxylic acids is 4. The highest BCUT2D eigenvalue weighted by Crippen LogP contribution is 2.22. The first kappa shape index (κ1) is 23.1. The zero-order valence-corrected chi connectivity index (χ0v) is 17.8. The summed E-state index contributed by atoms with van der Waals surface area (Å²) < 4.78 is 20.6. The van der Waals surface area contributed by atoms with Crippen LogP contribution in [0.2, 0.25) is 0 Å². The third-order valence-corrected chi connectivity index (χ3v) is 4.68. The van der Waals surface area contributed by atoms with Crippen molar-refractivity contribution in [2.75, 3.05) is 26.4 Å². The van der Waals surface area contributed by atoms with Gasteiger partial charge in [-0.2, -0.15) is 0 Å². The summed E-state index contributed by atoms with van der Waals surface area (Å²) in [5.41, 5.74) is -3.33. The number of esters is 4. The molecule has 10 heteroatoms. The van der Waals surface area contributed by atoms with Crippen LogP contribution in [0.15, 0.2) is 0 Å². The van der Waals surface area contributed by atoms with E-state index in [1.165, 1.54) is 0 Å². The highest BCUT2D eigenvalue weighted by molar-refractivity contribution is 5.91. The molecule has 2 rings (SSSR count). The van der Waals surface area contributed by atoms with E-state index in [-0.39, 0.29) is 38.4 Å². The van der Waals surface area contributed by atoms with Crippen molar-refractivity contribution < 1.29 is 38.1 Å². The highest BCUT2D eigenvalue weighted by atomic mass is 16.6. The lowest BCUT2D eigenvalue weighted by atomic mass is 9.94. The number of morpholine rings is 2. The van der Waals surface area contributed by atoms with Gasteiger partial charge in [0.2, 0.25) is 0 Å². The lowest BCUT2D eigenvalue weighted by Gasteiger charge is -2.42. The molecule has 29 heavy (non-hydrogen) atoms. The molecule has 2 aliphatic heterocycles. The van der Waals surface area contributed by atoms with E-state index in [0.717, 1.165) is 0 Å². The molecule has 2 atom stereocenters. The topological polar surface area (TPSA) is 129 Å². The third kappa shape index (κ3) is 5.89. The highest BCUT2D eigenvalue weighted by Gasteiger charge is 2.45. The van der Waals surface area contributed by atoms with Gasteiger partial charge in [-0.25, -0.2) is 0 Å². The van der Waals surface area contributed by atoms with E-state index in [2.05, 4.69) is 10.6 Å². The van der Waals surface area contributed by atoms with E-state index in [1.54, 1.807) is 41.5 Å². The van der Waals surface area contributed by atoms with Gasteiger partial charge in [-0.05, 0) is 41.5 Å². The monoisotopic (exact) mass is 414 g/mol. The molecular formula is C19H30N2O8. The quantitative estimate of drug-likeness (QED) is 0.343. The molecule has 0 bridgehead atoms. The first-order valence-corrected chi connectivity index (χ1v) is 9.41. The van der Waals surface area contributed by atoms with Crippen LogP contribution in [0, 0.1) is 0 Å². The molecule has 0 aromatic rings. The van der Waals surface area contributed by atoms with Crippen LogP contribution in [0.25, 0.3) is 0 Å². The molecule has 0 aliphatic carbocycles. The summed E-state index contributed by atoms with van der Waals surface area (Å²) in [5, 5.41) is 6.19. The summed E-state index contributed by atoms with van der Waals surface area (Å²) >= 11 is 0. The number of hydrogen-bond acceptors (Lipinski definition) is 10. The van der Waals surface area contributed by atoms with Gasteiger partial charge >= 0.3 is 23.9 Å². The number of cyclic esters (lactones) is 2. The van der Waals surface area contributed by atoms with Gasteiger partial charge in [0.1, 0.15) is 43.9 Å². The van der Waals surface area contributed by atoms with E-state index < -0.39 is 40.5 Å². The summed E-state index contributed by atoms with van der Waals surface area (Å²) in [7, 11) is 0. The summed E-state index contributed by atoms with van der Waals surface area (Å²) in [4.78, 5) is 47.4. The van der Waals surface area contributed by atoms with Gasteiger partial charge in [-0.3, -0.25) is 29.8 Å². The molecular weight excluding hydrogens is 384 g/mol. The molecule has 0 saturated carbocycles. The van der Waals surface area contributed by atoms with Crippen LogP contribution in [-0.4, -0.2) is 72.5 Å². The first-order valence-electron chi connectivity index (χ1n) is 9.41. The number of hydrogen-bond donors (Lipinski definition) is 2. The largest absolute Gasteiger partial charge is 0.463 e. The predicted octanol–water partition coefficient (Wildman–Crippen LogP) is -0.170. The minimum absolute atomic E-state index is 0.0471. The average molecular weight is 414 g/mol. The lowest BCUT2D eigenvalue weighted by molar-refractivity contribution is -0.167. The molecule has 0 amide bonds. The molecule has 2 N–H and O–H groups in total. The Morgan fingerprint density at radius 3 is 1.45 bits per heavy atom.